The number of carboxylic acid groups (broad SMARTS) is 1. The number of benzene rings is 2. The summed E-state index contributed by atoms with van der Waals surface area (Å²) in [5, 5.41) is 22.6. The molecule has 0 atom stereocenters. The number of nitro groups is 1. The average Bonchev–Trinajstić information content (AvgIpc) is 2.47. The predicted molar refractivity (Wildman–Crippen MR) is 81.1 cm³/mol. The zero-order valence-corrected chi connectivity index (χ0v) is 12.0. The van der Waals surface area contributed by atoms with Gasteiger partial charge in [0, 0.05) is 36.5 Å². The van der Waals surface area contributed by atoms with Crippen LogP contribution in [0.3, 0.4) is 0 Å². The molecule has 0 fully saturated rings. The van der Waals surface area contributed by atoms with E-state index in [4.69, 9.17) is 9.84 Å². The minimum atomic E-state index is -1.22. The molecule has 2 aromatic rings. The largest absolute Gasteiger partial charge is 0.478 e. The highest BCUT2D eigenvalue weighted by Crippen LogP contribution is 2.27. The van der Waals surface area contributed by atoms with Crippen molar-refractivity contribution in [3.8, 4) is 5.75 Å². The van der Waals surface area contributed by atoms with E-state index in [1.165, 1.54) is 49.4 Å². The number of esters is 1. The summed E-state index contributed by atoms with van der Waals surface area (Å²) in [6, 6.07) is 9.85. The first kappa shape index (κ1) is 16.0. The monoisotopic (exact) mass is 316 g/mol. The first-order valence-electron chi connectivity index (χ1n) is 6.44. The summed E-state index contributed by atoms with van der Waals surface area (Å²) in [7, 11) is 0. The molecule has 0 aliphatic rings. The number of carboxylic acids is 1. The number of non-ortho nitro benzene ring substituents is 1. The van der Waals surface area contributed by atoms with Gasteiger partial charge in [-0.25, -0.2) is 4.79 Å². The van der Waals surface area contributed by atoms with Crippen LogP contribution in [0.2, 0.25) is 0 Å². The van der Waals surface area contributed by atoms with Gasteiger partial charge in [0.25, 0.3) is 5.69 Å². The third-order valence-electron chi connectivity index (χ3n) is 2.83. The lowest BCUT2D eigenvalue weighted by atomic mass is 10.1. The Bertz CT molecular complexity index is 770. The van der Waals surface area contributed by atoms with Crippen LogP contribution in [0, 0.1) is 10.1 Å². The second kappa shape index (κ2) is 6.56. The zero-order valence-electron chi connectivity index (χ0n) is 12.0. The lowest BCUT2D eigenvalue weighted by molar-refractivity contribution is -0.384. The first-order chi connectivity index (χ1) is 10.9. The van der Waals surface area contributed by atoms with Crippen molar-refractivity contribution >= 4 is 29.0 Å². The van der Waals surface area contributed by atoms with Gasteiger partial charge in [-0.1, -0.05) is 0 Å². The molecule has 23 heavy (non-hydrogen) atoms. The predicted octanol–water partition coefficient (Wildman–Crippen LogP) is 2.96. The fourth-order valence-corrected chi connectivity index (χ4v) is 1.85. The summed E-state index contributed by atoms with van der Waals surface area (Å²) >= 11 is 0. The van der Waals surface area contributed by atoms with Crippen LogP contribution >= 0.6 is 0 Å². The summed E-state index contributed by atoms with van der Waals surface area (Å²) < 4.78 is 4.89. The van der Waals surface area contributed by atoms with E-state index in [1.54, 1.807) is 0 Å². The quantitative estimate of drug-likeness (QED) is 0.376. The molecule has 0 amide bonds. The van der Waals surface area contributed by atoms with Gasteiger partial charge in [0.1, 0.15) is 11.3 Å². The Hall–Kier alpha value is -3.42. The Kier molecular flexibility index (Phi) is 4.55. The molecule has 0 aromatic heterocycles. The van der Waals surface area contributed by atoms with Crippen LogP contribution in [-0.4, -0.2) is 22.0 Å². The van der Waals surface area contributed by atoms with Crippen LogP contribution in [0.5, 0.6) is 5.75 Å². The molecule has 2 rings (SSSR count). The van der Waals surface area contributed by atoms with Crippen LogP contribution < -0.4 is 10.1 Å². The fraction of sp³-hybridized carbons (Fsp3) is 0.0667. The Morgan fingerprint density at radius 1 is 1.13 bits per heavy atom. The molecule has 0 saturated heterocycles. The topological polar surface area (TPSA) is 119 Å². The van der Waals surface area contributed by atoms with Crippen LogP contribution in [0.4, 0.5) is 17.1 Å². The van der Waals surface area contributed by atoms with E-state index in [9.17, 15) is 19.7 Å². The van der Waals surface area contributed by atoms with Gasteiger partial charge < -0.3 is 15.2 Å². The van der Waals surface area contributed by atoms with Gasteiger partial charge in [-0.2, -0.15) is 0 Å². The zero-order chi connectivity index (χ0) is 17.0. The standard InChI is InChI=1S/C15H12N2O6/c1-9(18)23-14-8-11(4-7-13(14)15(19)20)16-10-2-5-12(6-3-10)17(21)22/h2-8,16H,1H3,(H,19,20). The van der Waals surface area contributed by atoms with Crippen molar-refractivity contribution in [1.82, 2.24) is 0 Å². The van der Waals surface area contributed by atoms with E-state index in [-0.39, 0.29) is 17.0 Å². The first-order valence-corrected chi connectivity index (χ1v) is 6.44. The van der Waals surface area contributed by atoms with Crippen molar-refractivity contribution in [2.24, 2.45) is 0 Å². The van der Waals surface area contributed by atoms with Crippen LogP contribution in [0.15, 0.2) is 42.5 Å². The average molecular weight is 316 g/mol. The van der Waals surface area contributed by atoms with Crippen molar-refractivity contribution in [3.05, 3.63) is 58.1 Å². The highest BCUT2D eigenvalue weighted by molar-refractivity contribution is 5.92. The second-order valence-electron chi connectivity index (χ2n) is 4.54. The summed E-state index contributed by atoms with van der Waals surface area (Å²) in [5.41, 5.74) is 0.847. The Morgan fingerprint density at radius 2 is 1.74 bits per heavy atom. The molecular formula is C15H12N2O6. The normalized spacial score (nSPS) is 9.96. The number of carbonyl (C=O) groups is 2. The molecule has 118 valence electrons. The van der Waals surface area contributed by atoms with Crippen LogP contribution in [-0.2, 0) is 4.79 Å². The summed E-state index contributed by atoms with van der Waals surface area (Å²) in [5.74, 6) is -1.94. The van der Waals surface area contributed by atoms with Gasteiger partial charge in [0.05, 0.1) is 4.92 Å². The van der Waals surface area contributed by atoms with Crippen LogP contribution in [0.25, 0.3) is 0 Å². The van der Waals surface area contributed by atoms with Gasteiger partial charge in [0.15, 0.2) is 0 Å². The van der Waals surface area contributed by atoms with Gasteiger partial charge in [0.2, 0.25) is 0 Å². The third-order valence-corrected chi connectivity index (χ3v) is 2.83. The Balaban J connectivity index is 2.27. The molecular weight excluding hydrogens is 304 g/mol. The molecule has 0 heterocycles. The molecule has 0 spiro atoms. The van der Waals surface area contributed by atoms with Crippen molar-refractivity contribution in [1.29, 1.82) is 0 Å². The summed E-state index contributed by atoms with van der Waals surface area (Å²) in [6.45, 7) is 1.17. The number of nitrogens with one attached hydrogen (secondary N) is 1. The molecule has 0 unspecified atom stereocenters. The Labute approximate surface area is 130 Å². The van der Waals surface area contributed by atoms with Gasteiger partial charge in [-0.05, 0) is 24.3 Å². The van der Waals surface area contributed by atoms with Crippen LogP contribution in [0.1, 0.15) is 17.3 Å². The number of rotatable bonds is 5. The molecule has 0 saturated carbocycles. The van der Waals surface area contributed by atoms with E-state index < -0.39 is 16.9 Å². The number of carbonyl (C=O) groups excluding carboxylic acids is 1. The third kappa shape index (κ3) is 4.03. The molecule has 8 nitrogen and oxygen atoms in total. The second-order valence-corrected chi connectivity index (χ2v) is 4.54. The van der Waals surface area contributed by atoms with E-state index in [0.717, 1.165) is 0 Å². The van der Waals surface area contributed by atoms with Crippen molar-refractivity contribution in [3.63, 3.8) is 0 Å². The summed E-state index contributed by atoms with van der Waals surface area (Å²) in [4.78, 5) is 32.2. The van der Waals surface area contributed by atoms with Gasteiger partial charge in [-0.15, -0.1) is 0 Å². The maximum absolute atomic E-state index is 11.1. The molecule has 0 radical (unpaired) electrons. The highest BCUT2D eigenvalue weighted by Gasteiger charge is 2.14. The minimum Gasteiger partial charge on any atom is -0.478 e. The van der Waals surface area contributed by atoms with Crippen molar-refractivity contribution < 1.29 is 24.4 Å². The molecule has 2 N–H and O–H groups in total. The van der Waals surface area contributed by atoms with E-state index in [1.807, 2.05) is 0 Å². The fourth-order valence-electron chi connectivity index (χ4n) is 1.85. The lowest BCUT2D eigenvalue weighted by Gasteiger charge is -2.10. The SMILES string of the molecule is CC(=O)Oc1cc(Nc2ccc([N+](=O)[O-])cc2)ccc1C(=O)O. The maximum atomic E-state index is 11.1. The summed E-state index contributed by atoms with van der Waals surface area (Å²) in [6.07, 6.45) is 0. The number of aromatic carboxylic acids is 1. The van der Waals surface area contributed by atoms with Gasteiger partial charge in [-0.3, -0.25) is 14.9 Å². The number of nitrogens with zero attached hydrogens (tertiary/aromatic N) is 1. The highest BCUT2D eigenvalue weighted by atomic mass is 16.6. The van der Waals surface area contributed by atoms with Crippen molar-refractivity contribution in [2.45, 2.75) is 6.92 Å². The maximum Gasteiger partial charge on any atom is 0.339 e. The number of ether oxygens (including phenoxy) is 1. The van der Waals surface area contributed by atoms with Gasteiger partial charge >= 0.3 is 11.9 Å². The number of nitro benzene ring substituents is 1. The molecule has 8 heteroatoms. The molecule has 2 aromatic carbocycles. The van der Waals surface area contributed by atoms with E-state index in [2.05, 4.69) is 5.32 Å². The van der Waals surface area contributed by atoms with E-state index >= 15 is 0 Å². The number of hydrogen-bond donors (Lipinski definition) is 2. The number of anilines is 2. The lowest BCUT2D eigenvalue weighted by Crippen LogP contribution is -2.07. The van der Waals surface area contributed by atoms with E-state index in [0.29, 0.717) is 11.4 Å². The smallest absolute Gasteiger partial charge is 0.339 e. The molecule has 0 bridgehead atoms. The minimum absolute atomic E-state index is 0.0441. The van der Waals surface area contributed by atoms with Crippen molar-refractivity contribution in [2.75, 3.05) is 5.32 Å². The molecule has 0 aliphatic heterocycles. The molecule has 0 aliphatic carbocycles. The number of hydrogen-bond acceptors (Lipinski definition) is 6. The Morgan fingerprint density at radius 3 is 2.26 bits per heavy atom.